The van der Waals surface area contributed by atoms with Crippen molar-refractivity contribution in [2.45, 2.75) is 57.8 Å². The second-order valence-corrected chi connectivity index (χ2v) is 7.02. The van der Waals surface area contributed by atoms with Crippen LogP contribution < -0.4 is 27.4 Å². The second-order valence-electron chi connectivity index (χ2n) is 6.65. The Morgan fingerprint density at radius 2 is 1.54 bits per heavy atom. The molecule has 0 spiro atoms. The largest absolute Gasteiger partial charge is 0.480 e. The summed E-state index contributed by atoms with van der Waals surface area (Å²) in [6.07, 6.45) is -0.0587. The lowest BCUT2D eigenvalue weighted by molar-refractivity contribution is -0.143. The van der Waals surface area contributed by atoms with E-state index in [-0.39, 0.29) is 24.5 Å². The summed E-state index contributed by atoms with van der Waals surface area (Å²) in [6, 6.07) is -4.26. The zero-order valence-electron chi connectivity index (χ0n) is 16.1. The van der Waals surface area contributed by atoms with E-state index in [2.05, 4.69) is 28.6 Å². The van der Waals surface area contributed by atoms with Gasteiger partial charge in [-0.1, -0.05) is 13.8 Å². The molecule has 0 radical (unpaired) electrons. The lowest BCUT2D eigenvalue weighted by Crippen LogP contribution is -2.57. The minimum absolute atomic E-state index is 0.0205. The zero-order valence-corrected chi connectivity index (χ0v) is 17.0. The molecule has 0 fully saturated rings. The summed E-state index contributed by atoms with van der Waals surface area (Å²) >= 11 is 4.00. The minimum atomic E-state index is -1.19. The highest BCUT2D eigenvalue weighted by Gasteiger charge is 2.28. The molecule has 4 atom stereocenters. The number of carboxylic acids is 1. The zero-order chi connectivity index (χ0) is 22.0. The highest BCUT2D eigenvalue weighted by Crippen LogP contribution is 2.03. The van der Waals surface area contributed by atoms with Gasteiger partial charge >= 0.3 is 5.97 Å². The average Bonchev–Trinajstić information content (AvgIpc) is 2.60. The van der Waals surface area contributed by atoms with E-state index in [9.17, 15) is 24.0 Å². The van der Waals surface area contributed by atoms with Gasteiger partial charge in [0.1, 0.15) is 18.1 Å². The van der Waals surface area contributed by atoms with Gasteiger partial charge in [0.2, 0.25) is 23.6 Å². The highest BCUT2D eigenvalue weighted by molar-refractivity contribution is 7.80. The maximum absolute atomic E-state index is 12.3. The number of carbonyl (C=O) groups excluding carboxylic acids is 4. The summed E-state index contributed by atoms with van der Waals surface area (Å²) in [6.45, 7) is 4.65. The summed E-state index contributed by atoms with van der Waals surface area (Å²) < 4.78 is 0. The molecule has 0 bridgehead atoms. The standard InChI is InChI=1S/C16H29N5O6S/c1-7(2)12(16(26)27)21-13(23)8(3)19-15(25)10(6-28)20-14(24)9(17)4-5-11(18)22/h7-10,12,28H,4-6,17H2,1-3H3,(H2,18,22)(H,19,25)(H,20,24)(H,21,23)(H,26,27). The van der Waals surface area contributed by atoms with Crippen LogP contribution in [-0.2, 0) is 24.0 Å². The smallest absolute Gasteiger partial charge is 0.326 e. The number of primary amides is 1. The van der Waals surface area contributed by atoms with Crippen molar-refractivity contribution in [1.29, 1.82) is 0 Å². The molecule has 12 heteroatoms. The van der Waals surface area contributed by atoms with Crippen molar-refractivity contribution in [3.05, 3.63) is 0 Å². The van der Waals surface area contributed by atoms with E-state index >= 15 is 0 Å². The average molecular weight is 420 g/mol. The number of nitrogens with one attached hydrogen (secondary N) is 3. The SMILES string of the molecule is CC(NC(=O)C(CS)NC(=O)C(N)CCC(N)=O)C(=O)NC(C(=O)O)C(C)C. The molecule has 0 rings (SSSR count). The molecule has 0 aromatic rings. The minimum Gasteiger partial charge on any atom is -0.480 e. The molecule has 0 aromatic heterocycles. The maximum atomic E-state index is 12.3. The normalized spacial score (nSPS) is 15.1. The van der Waals surface area contributed by atoms with Gasteiger partial charge in [0, 0.05) is 12.2 Å². The molecule has 28 heavy (non-hydrogen) atoms. The Morgan fingerprint density at radius 1 is 0.964 bits per heavy atom. The number of aliphatic carboxylic acids is 1. The molecule has 0 saturated heterocycles. The van der Waals surface area contributed by atoms with Crippen LogP contribution >= 0.6 is 12.6 Å². The van der Waals surface area contributed by atoms with Crippen LogP contribution in [0.2, 0.25) is 0 Å². The van der Waals surface area contributed by atoms with E-state index in [4.69, 9.17) is 16.6 Å². The number of nitrogens with two attached hydrogens (primary N) is 2. The monoisotopic (exact) mass is 419 g/mol. The van der Waals surface area contributed by atoms with Crippen LogP contribution in [-0.4, -0.2) is 64.6 Å². The molecule has 0 heterocycles. The first-order chi connectivity index (χ1) is 12.9. The van der Waals surface area contributed by atoms with Crippen LogP contribution in [0.5, 0.6) is 0 Å². The second kappa shape index (κ2) is 12.2. The van der Waals surface area contributed by atoms with Gasteiger partial charge in [0.05, 0.1) is 6.04 Å². The molecule has 4 amide bonds. The summed E-state index contributed by atoms with van der Waals surface area (Å²) in [5, 5.41) is 16.2. The van der Waals surface area contributed by atoms with Gasteiger partial charge in [0.25, 0.3) is 0 Å². The molecule has 0 aromatic carbocycles. The fourth-order valence-electron chi connectivity index (χ4n) is 2.07. The van der Waals surface area contributed by atoms with Gasteiger partial charge < -0.3 is 32.5 Å². The van der Waals surface area contributed by atoms with Gasteiger partial charge in [-0.25, -0.2) is 4.79 Å². The molecule has 0 saturated carbocycles. The number of hydrogen-bond donors (Lipinski definition) is 7. The molecule has 0 aliphatic heterocycles. The number of carboxylic acid groups (broad SMARTS) is 1. The molecule has 8 N–H and O–H groups in total. The fourth-order valence-corrected chi connectivity index (χ4v) is 2.33. The van der Waals surface area contributed by atoms with E-state index in [1.807, 2.05) is 0 Å². The first-order valence-electron chi connectivity index (χ1n) is 8.69. The molecule has 0 aliphatic carbocycles. The Balaban J connectivity index is 4.77. The summed E-state index contributed by atoms with van der Waals surface area (Å²) in [5.74, 6) is -4.26. The van der Waals surface area contributed by atoms with Crippen molar-refractivity contribution in [2.24, 2.45) is 17.4 Å². The van der Waals surface area contributed by atoms with Gasteiger partial charge in [-0.15, -0.1) is 0 Å². The number of thiol groups is 1. The Hall–Kier alpha value is -2.34. The fraction of sp³-hybridized carbons (Fsp3) is 0.688. The molecule has 4 unspecified atom stereocenters. The topological polar surface area (TPSA) is 194 Å². The van der Waals surface area contributed by atoms with Crippen LogP contribution in [0.1, 0.15) is 33.6 Å². The quantitative estimate of drug-likeness (QED) is 0.173. The van der Waals surface area contributed by atoms with Crippen LogP contribution in [0.4, 0.5) is 0 Å². The molecular weight excluding hydrogens is 390 g/mol. The Morgan fingerprint density at radius 3 is 1.96 bits per heavy atom. The van der Waals surface area contributed by atoms with E-state index in [0.29, 0.717) is 0 Å². The predicted octanol–water partition coefficient (Wildman–Crippen LogP) is -2.28. The first-order valence-corrected chi connectivity index (χ1v) is 9.32. The Labute approximate surface area is 168 Å². The molecule has 0 aliphatic rings. The summed E-state index contributed by atoms with van der Waals surface area (Å²) in [7, 11) is 0. The van der Waals surface area contributed by atoms with Crippen molar-refractivity contribution in [1.82, 2.24) is 16.0 Å². The van der Waals surface area contributed by atoms with E-state index in [1.54, 1.807) is 13.8 Å². The van der Waals surface area contributed by atoms with Gasteiger partial charge in [-0.05, 0) is 19.3 Å². The van der Waals surface area contributed by atoms with Crippen molar-refractivity contribution in [3.63, 3.8) is 0 Å². The van der Waals surface area contributed by atoms with E-state index in [1.165, 1.54) is 6.92 Å². The lowest BCUT2D eigenvalue weighted by atomic mass is 10.0. The summed E-state index contributed by atoms with van der Waals surface area (Å²) in [4.78, 5) is 58.3. The lowest BCUT2D eigenvalue weighted by Gasteiger charge is -2.23. The van der Waals surface area contributed by atoms with Gasteiger partial charge in [-0.3, -0.25) is 19.2 Å². The Kier molecular flexibility index (Phi) is 11.2. The van der Waals surface area contributed by atoms with Crippen molar-refractivity contribution in [3.8, 4) is 0 Å². The number of amides is 4. The highest BCUT2D eigenvalue weighted by atomic mass is 32.1. The van der Waals surface area contributed by atoms with Crippen LogP contribution in [0, 0.1) is 5.92 Å². The summed E-state index contributed by atoms with van der Waals surface area (Å²) in [5.41, 5.74) is 10.6. The molecule has 11 nitrogen and oxygen atoms in total. The van der Waals surface area contributed by atoms with Crippen molar-refractivity contribution >= 4 is 42.2 Å². The molecule has 160 valence electrons. The van der Waals surface area contributed by atoms with E-state index in [0.717, 1.165) is 0 Å². The van der Waals surface area contributed by atoms with E-state index < -0.39 is 53.8 Å². The Bertz CT molecular complexity index is 600. The van der Waals surface area contributed by atoms with Gasteiger partial charge in [0.15, 0.2) is 0 Å². The first kappa shape index (κ1) is 25.7. The molecular formula is C16H29N5O6S. The number of carbonyl (C=O) groups is 5. The maximum Gasteiger partial charge on any atom is 0.326 e. The van der Waals surface area contributed by atoms with Crippen molar-refractivity contribution in [2.75, 3.05) is 5.75 Å². The van der Waals surface area contributed by atoms with Crippen LogP contribution in [0.15, 0.2) is 0 Å². The number of hydrogen-bond acceptors (Lipinski definition) is 7. The number of rotatable bonds is 12. The predicted molar refractivity (Wildman–Crippen MR) is 104 cm³/mol. The van der Waals surface area contributed by atoms with Crippen LogP contribution in [0.3, 0.4) is 0 Å². The van der Waals surface area contributed by atoms with Crippen molar-refractivity contribution < 1.29 is 29.1 Å². The van der Waals surface area contributed by atoms with Gasteiger partial charge in [-0.2, -0.15) is 12.6 Å². The third-order valence-corrected chi connectivity index (χ3v) is 4.20. The third kappa shape index (κ3) is 9.04. The third-order valence-electron chi connectivity index (χ3n) is 3.84. The van der Waals surface area contributed by atoms with Crippen LogP contribution in [0.25, 0.3) is 0 Å².